The number of carbonyl (C=O) groups is 1. The Morgan fingerprint density at radius 2 is 1.74 bits per heavy atom. The number of benzene rings is 1. The van der Waals surface area contributed by atoms with Crippen LogP contribution in [0.2, 0.25) is 0 Å². The summed E-state index contributed by atoms with van der Waals surface area (Å²) in [5.41, 5.74) is 5.67. The largest absolute Gasteiger partial charge is 0.369 e. The number of pyridine rings is 1. The molecule has 0 radical (unpaired) electrons. The van der Waals surface area contributed by atoms with Crippen molar-refractivity contribution in [3.05, 3.63) is 62.1 Å². The molecule has 0 spiro atoms. The van der Waals surface area contributed by atoms with Crippen LogP contribution in [0.3, 0.4) is 0 Å². The Balaban J connectivity index is 1.62. The highest BCUT2D eigenvalue weighted by atomic mass is 16.1. The Morgan fingerprint density at radius 1 is 1.02 bits per heavy atom. The summed E-state index contributed by atoms with van der Waals surface area (Å²) in [5.74, 6) is 6.65. The van der Waals surface area contributed by atoms with Gasteiger partial charge in [-0.1, -0.05) is 11.8 Å². The summed E-state index contributed by atoms with van der Waals surface area (Å²) in [6.07, 6.45) is 5.77. The molecule has 0 atom stereocenters. The summed E-state index contributed by atoms with van der Waals surface area (Å²) >= 11 is 0. The minimum Gasteiger partial charge on any atom is -0.369 e. The SMILES string of the molecule is CCN(c1cc(C#CCN2CCCN(C)CC2)cc(C(=O)NCc2c(C)cc(C)[nH]c2=O)c1C)C1CCC(N(C)C)CC1. The number of likely N-dealkylation sites (N-methyl/N-ethyl adjacent to an activating group) is 1. The fourth-order valence-corrected chi connectivity index (χ4v) is 6.69. The molecule has 0 bridgehead atoms. The van der Waals surface area contributed by atoms with E-state index in [1.54, 1.807) is 0 Å². The van der Waals surface area contributed by atoms with E-state index in [1.807, 2.05) is 32.9 Å². The summed E-state index contributed by atoms with van der Waals surface area (Å²) in [5, 5.41) is 3.04. The van der Waals surface area contributed by atoms with Gasteiger partial charge in [0.25, 0.3) is 11.5 Å². The topological polar surface area (TPSA) is 74.9 Å². The molecule has 2 fully saturated rings. The zero-order valence-electron chi connectivity index (χ0n) is 27.5. The molecule has 1 aliphatic heterocycles. The molecule has 2 N–H and O–H groups in total. The number of hydrogen-bond acceptors (Lipinski definition) is 6. The van der Waals surface area contributed by atoms with Crippen molar-refractivity contribution < 1.29 is 4.79 Å². The first-order chi connectivity index (χ1) is 20.6. The number of nitrogens with zero attached hydrogens (tertiary/aromatic N) is 4. The third kappa shape index (κ3) is 8.50. The number of anilines is 1. The minimum absolute atomic E-state index is 0.153. The van der Waals surface area contributed by atoms with E-state index < -0.39 is 0 Å². The molecule has 2 heterocycles. The number of H-pyrrole nitrogens is 1. The molecule has 0 unspecified atom stereocenters. The number of rotatable bonds is 8. The maximum absolute atomic E-state index is 13.7. The van der Waals surface area contributed by atoms with Crippen molar-refractivity contribution in [2.24, 2.45) is 0 Å². The van der Waals surface area contributed by atoms with E-state index in [0.717, 1.165) is 86.6 Å². The average Bonchev–Trinajstić information content (AvgIpc) is 3.18. The Bertz CT molecular complexity index is 1380. The molecule has 2 aromatic rings. The van der Waals surface area contributed by atoms with Gasteiger partial charge in [0.2, 0.25) is 0 Å². The second kappa shape index (κ2) is 15.1. The van der Waals surface area contributed by atoms with E-state index >= 15 is 0 Å². The molecule has 8 nitrogen and oxygen atoms in total. The van der Waals surface area contributed by atoms with Crippen molar-refractivity contribution in [3.63, 3.8) is 0 Å². The number of aromatic nitrogens is 1. The maximum Gasteiger partial charge on any atom is 0.253 e. The van der Waals surface area contributed by atoms with Gasteiger partial charge < -0.3 is 25.0 Å². The van der Waals surface area contributed by atoms with Crippen LogP contribution in [-0.2, 0) is 6.54 Å². The van der Waals surface area contributed by atoms with Crippen molar-refractivity contribution in [3.8, 4) is 11.8 Å². The minimum atomic E-state index is -0.176. The van der Waals surface area contributed by atoms with Crippen LogP contribution < -0.4 is 15.8 Å². The lowest BCUT2D eigenvalue weighted by molar-refractivity contribution is 0.0950. The van der Waals surface area contributed by atoms with Crippen LogP contribution in [0.1, 0.15) is 77.3 Å². The molecule has 1 aromatic heterocycles. The lowest BCUT2D eigenvalue weighted by Gasteiger charge is -2.40. The van der Waals surface area contributed by atoms with Gasteiger partial charge in [-0.05, 0) is 117 Å². The zero-order valence-corrected chi connectivity index (χ0v) is 27.5. The molecule has 234 valence electrons. The monoisotopic (exact) mass is 588 g/mol. The van der Waals surface area contributed by atoms with Crippen LogP contribution in [0.4, 0.5) is 5.69 Å². The highest BCUT2D eigenvalue weighted by Crippen LogP contribution is 2.33. The summed E-state index contributed by atoms with van der Waals surface area (Å²) in [6, 6.07) is 7.12. The molecule has 1 amide bonds. The third-order valence-corrected chi connectivity index (χ3v) is 9.38. The Labute approximate surface area is 258 Å². The standard InChI is InChI=1S/C35H52N6O2/c1-8-41(30-14-12-29(13-15-30)38(5)6)33-23-28(11-9-17-40-18-10-16-39(7)19-20-40)22-31(27(33)4)34(42)36-24-32-25(2)21-26(3)37-35(32)43/h21-23,29-30H,8,10,12-20,24H2,1-7H3,(H,36,42)(H,37,43). The number of hydrogen-bond donors (Lipinski definition) is 2. The van der Waals surface area contributed by atoms with Gasteiger partial charge in [-0.2, -0.15) is 0 Å². The molecule has 1 aliphatic carbocycles. The van der Waals surface area contributed by atoms with Crippen molar-refractivity contribution in [1.82, 2.24) is 25.0 Å². The quantitative estimate of drug-likeness (QED) is 0.456. The van der Waals surface area contributed by atoms with E-state index in [9.17, 15) is 9.59 Å². The van der Waals surface area contributed by atoms with E-state index in [2.05, 4.69) is 75.9 Å². The molecule has 4 rings (SSSR count). The fraction of sp³-hybridized carbons (Fsp3) is 0.600. The van der Waals surface area contributed by atoms with Crippen molar-refractivity contribution in [2.75, 3.05) is 65.3 Å². The first kappa shape index (κ1) is 32.8. The molecule has 43 heavy (non-hydrogen) atoms. The lowest BCUT2D eigenvalue weighted by atomic mass is 9.88. The molecule has 1 saturated heterocycles. The number of aromatic amines is 1. The predicted octanol–water partition coefficient (Wildman–Crippen LogP) is 3.92. The van der Waals surface area contributed by atoms with E-state index in [4.69, 9.17) is 0 Å². The molecular weight excluding hydrogens is 536 g/mol. The number of amides is 1. The second-order valence-corrected chi connectivity index (χ2v) is 12.7. The van der Waals surface area contributed by atoms with Crippen LogP contribution >= 0.6 is 0 Å². The van der Waals surface area contributed by atoms with Gasteiger partial charge in [0.15, 0.2) is 0 Å². The number of nitrogens with one attached hydrogen (secondary N) is 2. The molecule has 2 aliphatic rings. The van der Waals surface area contributed by atoms with E-state index in [0.29, 0.717) is 23.2 Å². The lowest BCUT2D eigenvalue weighted by Crippen LogP contribution is -2.42. The van der Waals surface area contributed by atoms with Gasteiger partial charge in [-0.15, -0.1) is 0 Å². The van der Waals surface area contributed by atoms with Gasteiger partial charge in [0.1, 0.15) is 0 Å². The summed E-state index contributed by atoms with van der Waals surface area (Å²) in [6.45, 7) is 14.1. The average molecular weight is 589 g/mol. The second-order valence-electron chi connectivity index (χ2n) is 12.7. The zero-order chi connectivity index (χ0) is 31.1. The summed E-state index contributed by atoms with van der Waals surface area (Å²) in [7, 11) is 6.53. The summed E-state index contributed by atoms with van der Waals surface area (Å²) < 4.78 is 0. The Hall–Kier alpha value is -3.12. The number of aryl methyl sites for hydroxylation is 2. The molecule has 1 aromatic carbocycles. The van der Waals surface area contributed by atoms with Crippen LogP contribution in [0.25, 0.3) is 0 Å². The van der Waals surface area contributed by atoms with Gasteiger partial charge in [-0.25, -0.2) is 0 Å². The first-order valence-corrected chi connectivity index (χ1v) is 16.0. The number of carbonyl (C=O) groups excluding carboxylic acids is 1. The van der Waals surface area contributed by atoms with Crippen molar-refractivity contribution >= 4 is 11.6 Å². The smallest absolute Gasteiger partial charge is 0.253 e. The molecule has 8 heteroatoms. The molecule has 1 saturated carbocycles. The van der Waals surface area contributed by atoms with Crippen molar-refractivity contribution in [1.29, 1.82) is 0 Å². The molecular formula is C35H52N6O2. The fourth-order valence-electron chi connectivity index (χ4n) is 6.69. The van der Waals surface area contributed by atoms with Gasteiger partial charge in [-0.3, -0.25) is 14.5 Å². The Kier molecular flexibility index (Phi) is 11.5. The normalized spacial score (nSPS) is 19.9. The van der Waals surface area contributed by atoms with Crippen LogP contribution in [-0.4, -0.2) is 98.1 Å². The Morgan fingerprint density at radius 3 is 2.42 bits per heavy atom. The first-order valence-electron chi connectivity index (χ1n) is 16.0. The maximum atomic E-state index is 13.7. The van der Waals surface area contributed by atoms with Crippen molar-refractivity contribution in [2.45, 2.75) is 78.4 Å². The van der Waals surface area contributed by atoms with Gasteiger partial charge >= 0.3 is 0 Å². The van der Waals surface area contributed by atoms with Gasteiger partial charge in [0, 0.05) is 72.9 Å². The van der Waals surface area contributed by atoms with Crippen LogP contribution in [0.5, 0.6) is 0 Å². The highest BCUT2D eigenvalue weighted by Gasteiger charge is 2.28. The summed E-state index contributed by atoms with van der Waals surface area (Å²) in [4.78, 5) is 38.8. The predicted molar refractivity (Wildman–Crippen MR) is 177 cm³/mol. The van der Waals surface area contributed by atoms with E-state index in [-0.39, 0.29) is 18.0 Å². The van der Waals surface area contributed by atoms with Crippen LogP contribution in [0, 0.1) is 32.6 Å². The highest BCUT2D eigenvalue weighted by molar-refractivity contribution is 5.97. The van der Waals surface area contributed by atoms with E-state index in [1.165, 1.54) is 12.8 Å². The van der Waals surface area contributed by atoms with Crippen LogP contribution in [0.15, 0.2) is 23.0 Å². The van der Waals surface area contributed by atoms with Gasteiger partial charge in [0.05, 0.1) is 6.54 Å². The third-order valence-electron chi connectivity index (χ3n) is 9.38.